The first-order chi connectivity index (χ1) is 9.85. The second kappa shape index (κ2) is 6.13. The lowest BCUT2D eigenvalue weighted by Crippen LogP contribution is -2.16. The molecule has 2 rings (SSSR count). The van der Waals surface area contributed by atoms with Crippen LogP contribution < -0.4 is 10.5 Å². The number of halogens is 1. The number of aromatic nitrogens is 1. The Kier molecular flexibility index (Phi) is 4.65. The Morgan fingerprint density at radius 1 is 1.24 bits per heavy atom. The van der Waals surface area contributed by atoms with Crippen LogP contribution in [0.25, 0.3) is 0 Å². The predicted molar refractivity (Wildman–Crippen MR) is 86.6 cm³/mol. The van der Waals surface area contributed by atoms with E-state index in [1.54, 1.807) is 38.1 Å². The van der Waals surface area contributed by atoms with Crippen molar-refractivity contribution in [2.75, 3.05) is 4.72 Å². The van der Waals surface area contributed by atoms with Gasteiger partial charge >= 0.3 is 0 Å². The van der Waals surface area contributed by atoms with E-state index in [0.29, 0.717) is 17.8 Å². The van der Waals surface area contributed by atoms with Gasteiger partial charge in [0.1, 0.15) is 5.82 Å². The summed E-state index contributed by atoms with van der Waals surface area (Å²) in [6, 6.07) is 8.42. The first-order valence-corrected chi connectivity index (χ1v) is 8.57. The molecule has 0 aliphatic rings. The average Bonchev–Trinajstić information content (AvgIpc) is 2.42. The van der Waals surface area contributed by atoms with Crippen LogP contribution in [-0.4, -0.2) is 13.4 Å². The van der Waals surface area contributed by atoms with Crippen LogP contribution in [0.2, 0.25) is 0 Å². The predicted octanol–water partition coefficient (Wildman–Crippen LogP) is 2.72. The number of pyridine rings is 1. The van der Waals surface area contributed by atoms with Crippen LogP contribution in [0.4, 0.5) is 5.82 Å². The largest absolute Gasteiger partial charge is 0.326 e. The number of hydrogen-bond acceptors (Lipinski definition) is 4. The highest BCUT2D eigenvalue weighted by Crippen LogP contribution is 2.22. The zero-order valence-electron chi connectivity index (χ0n) is 11.7. The van der Waals surface area contributed by atoms with E-state index in [2.05, 4.69) is 25.6 Å². The summed E-state index contributed by atoms with van der Waals surface area (Å²) < 4.78 is 28.3. The molecule has 0 radical (unpaired) electrons. The number of nitrogens with zero attached hydrogens (tertiary/aromatic N) is 1. The molecule has 5 nitrogen and oxygen atoms in total. The maximum Gasteiger partial charge on any atom is 0.263 e. The lowest BCUT2D eigenvalue weighted by atomic mass is 10.1. The highest BCUT2D eigenvalue weighted by Gasteiger charge is 2.19. The summed E-state index contributed by atoms with van der Waals surface area (Å²) in [6.07, 6.45) is 0. The lowest BCUT2D eigenvalue weighted by molar-refractivity contribution is 0.600. The molecule has 0 saturated heterocycles. The SMILES string of the molecule is Cc1nc(NS(=O)(=O)c2cccc(CN)c2C)ccc1Br. The molecule has 1 aromatic carbocycles. The third-order valence-electron chi connectivity index (χ3n) is 3.17. The molecule has 7 heteroatoms. The summed E-state index contributed by atoms with van der Waals surface area (Å²) in [5, 5.41) is 0. The average molecular weight is 370 g/mol. The van der Waals surface area contributed by atoms with Crippen molar-refractivity contribution >= 4 is 31.8 Å². The third-order valence-corrected chi connectivity index (χ3v) is 5.50. The molecule has 0 bridgehead atoms. The van der Waals surface area contributed by atoms with Gasteiger partial charge in [0.15, 0.2) is 0 Å². The molecule has 2 aromatic rings. The number of nitrogens with two attached hydrogens (primary N) is 1. The molecular formula is C14H16BrN3O2S. The topological polar surface area (TPSA) is 85.1 Å². The molecular weight excluding hydrogens is 354 g/mol. The quantitative estimate of drug-likeness (QED) is 0.867. The molecule has 0 saturated carbocycles. The van der Waals surface area contributed by atoms with Crippen molar-refractivity contribution in [3.05, 3.63) is 51.6 Å². The van der Waals surface area contributed by atoms with E-state index < -0.39 is 10.0 Å². The Hall–Kier alpha value is -1.44. The fraction of sp³-hybridized carbons (Fsp3) is 0.214. The van der Waals surface area contributed by atoms with Gasteiger partial charge in [-0.3, -0.25) is 4.72 Å². The van der Waals surface area contributed by atoms with Crippen LogP contribution in [-0.2, 0) is 16.6 Å². The van der Waals surface area contributed by atoms with Gasteiger partial charge < -0.3 is 5.73 Å². The Morgan fingerprint density at radius 2 is 1.95 bits per heavy atom. The monoisotopic (exact) mass is 369 g/mol. The molecule has 21 heavy (non-hydrogen) atoms. The van der Waals surface area contributed by atoms with Gasteiger partial charge in [-0.2, -0.15) is 0 Å². The van der Waals surface area contributed by atoms with Crippen LogP contribution in [0.1, 0.15) is 16.8 Å². The molecule has 1 aromatic heterocycles. The summed E-state index contributed by atoms with van der Waals surface area (Å²) in [5.41, 5.74) is 7.79. The second-order valence-corrected chi connectivity index (χ2v) is 7.12. The van der Waals surface area contributed by atoms with E-state index in [0.717, 1.165) is 10.0 Å². The second-order valence-electron chi connectivity index (χ2n) is 4.61. The van der Waals surface area contributed by atoms with Gasteiger partial charge in [-0.25, -0.2) is 13.4 Å². The lowest BCUT2D eigenvalue weighted by Gasteiger charge is -2.12. The van der Waals surface area contributed by atoms with E-state index in [1.165, 1.54) is 0 Å². The molecule has 0 fully saturated rings. The number of hydrogen-bond donors (Lipinski definition) is 2. The molecule has 0 aliphatic heterocycles. The third kappa shape index (κ3) is 3.42. The van der Waals surface area contributed by atoms with E-state index in [9.17, 15) is 8.42 Å². The van der Waals surface area contributed by atoms with Crippen molar-refractivity contribution in [1.29, 1.82) is 0 Å². The summed E-state index contributed by atoms with van der Waals surface area (Å²) in [4.78, 5) is 4.41. The fourth-order valence-corrected chi connectivity index (χ4v) is 3.48. The van der Waals surface area contributed by atoms with E-state index in [-0.39, 0.29) is 10.7 Å². The van der Waals surface area contributed by atoms with E-state index >= 15 is 0 Å². The summed E-state index contributed by atoms with van der Waals surface area (Å²) in [6.45, 7) is 3.84. The van der Waals surface area contributed by atoms with Crippen LogP contribution in [0.3, 0.4) is 0 Å². The minimum atomic E-state index is -3.69. The van der Waals surface area contributed by atoms with Gasteiger partial charge in [0.05, 0.1) is 10.6 Å². The zero-order chi connectivity index (χ0) is 15.6. The Morgan fingerprint density at radius 3 is 2.57 bits per heavy atom. The highest BCUT2D eigenvalue weighted by atomic mass is 79.9. The molecule has 112 valence electrons. The van der Waals surface area contributed by atoms with Crippen molar-refractivity contribution in [2.24, 2.45) is 5.73 Å². The molecule has 3 N–H and O–H groups in total. The zero-order valence-corrected chi connectivity index (χ0v) is 14.1. The summed E-state index contributed by atoms with van der Waals surface area (Å²) in [5.74, 6) is 0.285. The fourth-order valence-electron chi connectivity index (χ4n) is 1.97. The van der Waals surface area contributed by atoms with Crippen LogP contribution in [0.15, 0.2) is 39.7 Å². The van der Waals surface area contributed by atoms with Gasteiger partial charge in [0.2, 0.25) is 0 Å². The van der Waals surface area contributed by atoms with Gasteiger partial charge in [-0.05, 0) is 59.1 Å². The van der Waals surface area contributed by atoms with E-state index in [1.807, 2.05) is 6.07 Å². The van der Waals surface area contributed by atoms with Gasteiger partial charge in [0.25, 0.3) is 10.0 Å². The number of rotatable bonds is 4. The normalized spacial score (nSPS) is 11.4. The molecule has 1 heterocycles. The highest BCUT2D eigenvalue weighted by molar-refractivity contribution is 9.10. The minimum Gasteiger partial charge on any atom is -0.326 e. The number of aryl methyl sites for hydroxylation is 1. The Bertz CT molecular complexity index is 776. The van der Waals surface area contributed by atoms with Crippen molar-refractivity contribution in [2.45, 2.75) is 25.3 Å². The van der Waals surface area contributed by atoms with E-state index in [4.69, 9.17) is 5.73 Å². The van der Waals surface area contributed by atoms with Crippen LogP contribution in [0.5, 0.6) is 0 Å². The van der Waals surface area contributed by atoms with Crippen molar-refractivity contribution in [3.8, 4) is 0 Å². The first kappa shape index (κ1) is 15.9. The van der Waals surface area contributed by atoms with Crippen molar-refractivity contribution < 1.29 is 8.42 Å². The maximum absolute atomic E-state index is 12.5. The number of benzene rings is 1. The van der Waals surface area contributed by atoms with Crippen molar-refractivity contribution in [3.63, 3.8) is 0 Å². The molecule has 0 atom stereocenters. The van der Waals surface area contributed by atoms with Crippen LogP contribution >= 0.6 is 15.9 Å². The number of sulfonamides is 1. The standard InChI is InChI=1S/C14H16BrN3O2S/c1-9-11(8-16)4-3-5-13(9)21(19,20)18-14-7-6-12(15)10(2)17-14/h3-7H,8,16H2,1-2H3,(H,17,18). The van der Waals surface area contributed by atoms with Crippen molar-refractivity contribution in [1.82, 2.24) is 4.98 Å². The summed E-state index contributed by atoms with van der Waals surface area (Å²) >= 11 is 3.33. The first-order valence-electron chi connectivity index (χ1n) is 6.29. The smallest absolute Gasteiger partial charge is 0.263 e. The molecule has 0 amide bonds. The Balaban J connectivity index is 2.41. The molecule has 0 unspecified atom stereocenters. The number of anilines is 1. The van der Waals surface area contributed by atoms with Gasteiger partial charge in [0, 0.05) is 11.0 Å². The van der Waals surface area contributed by atoms with Gasteiger partial charge in [-0.1, -0.05) is 12.1 Å². The number of nitrogens with one attached hydrogen (secondary N) is 1. The summed E-state index contributed by atoms with van der Waals surface area (Å²) in [7, 11) is -3.69. The molecule has 0 spiro atoms. The minimum absolute atomic E-state index is 0.216. The Labute approximate surface area is 132 Å². The molecule has 0 aliphatic carbocycles. The van der Waals surface area contributed by atoms with Crippen LogP contribution in [0, 0.1) is 13.8 Å². The maximum atomic E-state index is 12.5. The van der Waals surface area contributed by atoms with Gasteiger partial charge in [-0.15, -0.1) is 0 Å².